The lowest BCUT2D eigenvalue weighted by Gasteiger charge is -2.41. The minimum Gasteiger partial charge on any atom is -0.494 e. The Hall–Kier alpha value is -1.66. The summed E-state index contributed by atoms with van der Waals surface area (Å²) < 4.78 is 24.5. The fourth-order valence-corrected chi connectivity index (χ4v) is 3.45. The molecule has 1 N–H and O–H groups in total. The van der Waals surface area contributed by atoms with Crippen molar-refractivity contribution in [1.82, 2.24) is 10.2 Å². The average Bonchev–Trinajstić information content (AvgIpc) is 2.52. The number of morpholine rings is 1. The first-order valence-corrected chi connectivity index (χ1v) is 8.81. The highest BCUT2D eigenvalue weighted by atomic mass is 19.1. The molecule has 1 aliphatic rings. The third-order valence-electron chi connectivity index (χ3n) is 4.42. The van der Waals surface area contributed by atoms with E-state index >= 15 is 0 Å². The van der Waals surface area contributed by atoms with Crippen LogP contribution in [0.15, 0.2) is 18.2 Å². The van der Waals surface area contributed by atoms with Gasteiger partial charge in [0.15, 0.2) is 11.6 Å². The highest BCUT2D eigenvalue weighted by molar-refractivity contribution is 5.82. The quantitative estimate of drug-likeness (QED) is 0.855. The molecule has 6 heteroatoms. The van der Waals surface area contributed by atoms with Crippen LogP contribution in [0, 0.1) is 11.7 Å². The SMILES string of the molecule is COc1ccc(CNC(=O)C(C(C)C)N2CC(C)OC(C)C2)cc1F. The largest absolute Gasteiger partial charge is 0.494 e. The molecule has 140 valence electrons. The molecule has 1 aliphatic heterocycles. The number of amides is 1. The van der Waals surface area contributed by atoms with Crippen LogP contribution in [0.5, 0.6) is 5.75 Å². The van der Waals surface area contributed by atoms with E-state index in [-0.39, 0.29) is 35.8 Å². The molecule has 5 nitrogen and oxygen atoms in total. The first-order chi connectivity index (χ1) is 11.8. The number of rotatable bonds is 6. The third-order valence-corrected chi connectivity index (χ3v) is 4.42. The van der Waals surface area contributed by atoms with Crippen molar-refractivity contribution in [2.75, 3.05) is 20.2 Å². The average molecular weight is 352 g/mol. The minimum absolute atomic E-state index is 0.0347. The molecule has 1 aromatic carbocycles. The highest BCUT2D eigenvalue weighted by Crippen LogP contribution is 2.20. The molecule has 1 aromatic rings. The Kier molecular flexibility index (Phi) is 6.79. The zero-order valence-electron chi connectivity index (χ0n) is 15.7. The van der Waals surface area contributed by atoms with Crippen LogP contribution in [-0.4, -0.2) is 49.3 Å². The molecule has 1 heterocycles. The maximum absolute atomic E-state index is 13.8. The Balaban J connectivity index is 2.02. The van der Waals surface area contributed by atoms with Gasteiger partial charge in [-0.05, 0) is 37.5 Å². The van der Waals surface area contributed by atoms with E-state index in [0.717, 1.165) is 13.1 Å². The monoisotopic (exact) mass is 352 g/mol. The van der Waals surface area contributed by atoms with Crippen LogP contribution in [-0.2, 0) is 16.1 Å². The summed E-state index contributed by atoms with van der Waals surface area (Å²) in [4.78, 5) is 15.0. The van der Waals surface area contributed by atoms with Crippen molar-refractivity contribution < 1.29 is 18.7 Å². The Morgan fingerprint density at radius 2 is 2.00 bits per heavy atom. The predicted octanol–water partition coefficient (Wildman–Crippen LogP) is 2.58. The van der Waals surface area contributed by atoms with Gasteiger partial charge in [-0.15, -0.1) is 0 Å². The van der Waals surface area contributed by atoms with E-state index in [2.05, 4.69) is 10.2 Å². The van der Waals surface area contributed by atoms with Gasteiger partial charge in [-0.2, -0.15) is 0 Å². The maximum Gasteiger partial charge on any atom is 0.237 e. The van der Waals surface area contributed by atoms with E-state index < -0.39 is 5.82 Å². The van der Waals surface area contributed by atoms with Gasteiger partial charge in [0.2, 0.25) is 5.91 Å². The van der Waals surface area contributed by atoms with Gasteiger partial charge in [0.05, 0.1) is 25.4 Å². The number of methoxy groups -OCH3 is 1. The van der Waals surface area contributed by atoms with Gasteiger partial charge < -0.3 is 14.8 Å². The number of carbonyl (C=O) groups is 1. The summed E-state index contributed by atoms with van der Waals surface area (Å²) in [5, 5.41) is 2.94. The topological polar surface area (TPSA) is 50.8 Å². The number of hydrogen-bond acceptors (Lipinski definition) is 4. The zero-order valence-corrected chi connectivity index (χ0v) is 15.7. The Morgan fingerprint density at radius 1 is 1.36 bits per heavy atom. The molecule has 1 saturated heterocycles. The van der Waals surface area contributed by atoms with Crippen LogP contribution in [0.4, 0.5) is 4.39 Å². The lowest BCUT2D eigenvalue weighted by Crippen LogP contribution is -2.56. The molecule has 1 fully saturated rings. The van der Waals surface area contributed by atoms with Crippen molar-refractivity contribution in [3.63, 3.8) is 0 Å². The number of carbonyl (C=O) groups excluding carboxylic acids is 1. The summed E-state index contributed by atoms with van der Waals surface area (Å²) in [6.45, 7) is 9.90. The first kappa shape index (κ1) is 19.7. The molecule has 0 bridgehead atoms. The van der Waals surface area contributed by atoms with Gasteiger partial charge in [0.1, 0.15) is 0 Å². The molecular weight excluding hydrogens is 323 g/mol. The summed E-state index contributed by atoms with van der Waals surface area (Å²) in [5.41, 5.74) is 0.706. The van der Waals surface area contributed by atoms with E-state index in [1.165, 1.54) is 13.2 Å². The summed E-state index contributed by atoms with van der Waals surface area (Å²) in [6.07, 6.45) is 0.210. The molecule has 1 amide bonds. The molecular formula is C19H29FN2O3. The summed E-state index contributed by atoms with van der Waals surface area (Å²) in [6, 6.07) is 4.49. The van der Waals surface area contributed by atoms with Gasteiger partial charge in [-0.1, -0.05) is 19.9 Å². The number of ether oxygens (including phenoxy) is 2. The molecule has 0 saturated carbocycles. The molecule has 2 rings (SSSR count). The number of nitrogens with zero attached hydrogens (tertiary/aromatic N) is 1. The van der Waals surface area contributed by atoms with E-state index in [9.17, 15) is 9.18 Å². The predicted molar refractivity (Wildman–Crippen MR) is 95.0 cm³/mol. The van der Waals surface area contributed by atoms with Gasteiger partial charge >= 0.3 is 0 Å². The van der Waals surface area contributed by atoms with Crippen LogP contribution in [0.1, 0.15) is 33.3 Å². The lowest BCUT2D eigenvalue weighted by molar-refractivity contribution is -0.135. The third kappa shape index (κ3) is 5.16. The Bertz CT molecular complexity index is 584. The summed E-state index contributed by atoms with van der Waals surface area (Å²) in [7, 11) is 1.43. The highest BCUT2D eigenvalue weighted by Gasteiger charge is 2.33. The van der Waals surface area contributed by atoms with E-state index in [1.54, 1.807) is 12.1 Å². The van der Waals surface area contributed by atoms with Crippen LogP contribution in [0.2, 0.25) is 0 Å². The minimum atomic E-state index is -0.425. The molecule has 0 aromatic heterocycles. The van der Waals surface area contributed by atoms with Gasteiger partial charge in [-0.25, -0.2) is 4.39 Å². The van der Waals surface area contributed by atoms with Crippen LogP contribution < -0.4 is 10.1 Å². The van der Waals surface area contributed by atoms with Crippen molar-refractivity contribution in [2.45, 2.75) is 52.5 Å². The molecule has 3 unspecified atom stereocenters. The smallest absolute Gasteiger partial charge is 0.237 e. The Labute approximate surface area is 149 Å². The standard InChI is InChI=1S/C19H29FN2O3/c1-12(2)18(22-10-13(3)25-14(4)11-22)19(23)21-9-15-6-7-17(24-5)16(20)8-15/h6-8,12-14,18H,9-11H2,1-5H3,(H,21,23). The molecule has 0 spiro atoms. The van der Waals surface area contributed by atoms with Crippen molar-refractivity contribution in [3.8, 4) is 5.75 Å². The van der Waals surface area contributed by atoms with Gasteiger partial charge in [-0.3, -0.25) is 9.69 Å². The van der Waals surface area contributed by atoms with Gasteiger partial charge in [0, 0.05) is 19.6 Å². The fraction of sp³-hybridized carbons (Fsp3) is 0.632. The first-order valence-electron chi connectivity index (χ1n) is 8.81. The van der Waals surface area contributed by atoms with E-state index in [0.29, 0.717) is 12.1 Å². The van der Waals surface area contributed by atoms with Gasteiger partial charge in [0.25, 0.3) is 0 Å². The van der Waals surface area contributed by atoms with Crippen molar-refractivity contribution in [3.05, 3.63) is 29.6 Å². The van der Waals surface area contributed by atoms with E-state index in [1.807, 2.05) is 27.7 Å². The number of halogens is 1. The van der Waals surface area contributed by atoms with E-state index in [4.69, 9.17) is 9.47 Å². The Morgan fingerprint density at radius 3 is 2.52 bits per heavy atom. The maximum atomic E-state index is 13.8. The normalized spacial score (nSPS) is 22.7. The second-order valence-corrected chi connectivity index (χ2v) is 7.09. The van der Waals surface area contributed by atoms with Crippen molar-refractivity contribution in [2.24, 2.45) is 5.92 Å². The number of hydrogen-bond donors (Lipinski definition) is 1. The van der Waals surface area contributed by atoms with Crippen molar-refractivity contribution >= 4 is 5.91 Å². The van der Waals surface area contributed by atoms with Crippen molar-refractivity contribution in [1.29, 1.82) is 0 Å². The fourth-order valence-electron chi connectivity index (χ4n) is 3.45. The number of nitrogens with one attached hydrogen (secondary N) is 1. The van der Waals surface area contributed by atoms with Crippen LogP contribution in [0.3, 0.4) is 0 Å². The second kappa shape index (κ2) is 8.63. The van der Waals surface area contributed by atoms with Crippen LogP contribution in [0.25, 0.3) is 0 Å². The number of benzene rings is 1. The zero-order chi connectivity index (χ0) is 18.6. The molecule has 25 heavy (non-hydrogen) atoms. The summed E-state index contributed by atoms with van der Waals surface area (Å²) in [5.74, 6) is -0.0884. The summed E-state index contributed by atoms with van der Waals surface area (Å²) >= 11 is 0. The second-order valence-electron chi connectivity index (χ2n) is 7.09. The lowest BCUT2D eigenvalue weighted by atomic mass is 9.99. The molecule has 3 atom stereocenters. The molecule has 0 aliphatic carbocycles. The molecule has 0 radical (unpaired) electrons. The van der Waals surface area contributed by atoms with Crippen LogP contribution >= 0.6 is 0 Å².